The summed E-state index contributed by atoms with van der Waals surface area (Å²) in [6.07, 6.45) is 0. The van der Waals surface area contributed by atoms with Crippen molar-refractivity contribution in [1.29, 1.82) is 0 Å². The van der Waals surface area contributed by atoms with Gasteiger partial charge in [-0.05, 0) is 24.3 Å². The average Bonchev–Trinajstić information content (AvgIpc) is 2.39. The van der Waals surface area contributed by atoms with Crippen molar-refractivity contribution in [2.45, 2.75) is 26.7 Å². The maximum absolute atomic E-state index is 13.2. The third kappa shape index (κ3) is 3.42. The molecule has 0 fully saturated rings. The molecule has 0 aliphatic heterocycles. The molecule has 3 nitrogen and oxygen atoms in total. The molecule has 2 rings (SSSR count). The molecule has 1 aromatic carbocycles. The molecule has 6 heteroatoms. The second-order valence-electron chi connectivity index (χ2n) is 3.91. The topological polar surface area (TPSA) is 50.2 Å². The minimum Gasteiger partial charge on any atom is -0.478 e. The summed E-state index contributed by atoms with van der Waals surface area (Å²) in [6, 6.07) is 5.02. The van der Waals surface area contributed by atoms with Gasteiger partial charge in [-0.25, -0.2) is 9.78 Å². The van der Waals surface area contributed by atoms with Crippen LogP contribution in [0.5, 0.6) is 0 Å². The number of carboxylic acid groups (broad SMARTS) is 1. The fraction of sp³-hybridized carbons (Fsp3) is 0.286. The summed E-state index contributed by atoms with van der Waals surface area (Å²) in [7, 11) is 0. The van der Waals surface area contributed by atoms with E-state index in [1.807, 2.05) is 13.8 Å². The molecule has 0 saturated carbocycles. The lowest BCUT2D eigenvalue weighted by Crippen LogP contribution is -2.10. The highest BCUT2D eigenvalue weighted by Gasteiger charge is 2.27. The summed E-state index contributed by atoms with van der Waals surface area (Å²) in [6.45, 7) is 4.73. The molecule has 2 aromatic rings. The number of aromatic nitrogens is 1. The van der Waals surface area contributed by atoms with Crippen molar-refractivity contribution in [2.75, 3.05) is 0 Å². The molecule has 0 aliphatic rings. The van der Waals surface area contributed by atoms with Crippen molar-refractivity contribution in [1.82, 2.24) is 4.98 Å². The molecule has 1 heterocycles. The van der Waals surface area contributed by atoms with Crippen molar-refractivity contribution >= 4 is 28.5 Å². The van der Waals surface area contributed by atoms with Crippen LogP contribution < -0.4 is 0 Å². The van der Waals surface area contributed by atoms with Crippen molar-refractivity contribution in [3.8, 4) is 0 Å². The Labute approximate surface area is 120 Å². The van der Waals surface area contributed by atoms with E-state index in [1.165, 1.54) is 18.2 Å². The molecule has 0 spiro atoms. The van der Waals surface area contributed by atoms with E-state index in [9.17, 15) is 13.6 Å². The van der Waals surface area contributed by atoms with Crippen LogP contribution in [-0.4, -0.2) is 16.1 Å². The molecular weight excluding hydrogens is 288 g/mol. The number of halogens is 3. The number of pyridine rings is 1. The zero-order chi connectivity index (χ0) is 15.5. The molecule has 0 atom stereocenters. The fourth-order valence-electron chi connectivity index (χ4n) is 1.54. The Kier molecular flexibility index (Phi) is 5.00. The number of hydrogen-bond donors (Lipinski definition) is 1. The molecule has 1 N–H and O–H groups in total. The van der Waals surface area contributed by atoms with E-state index >= 15 is 0 Å². The number of hydrogen-bond acceptors (Lipinski definition) is 2. The standard InChI is InChI=1S/C12H8ClF2NO2.C2H6/c1-12(14,15)10-5-8(13)7-4-6(11(17)18)2-3-9(7)16-10;1-2/h2-5H,1H3,(H,17,18);1-2H3. The van der Waals surface area contributed by atoms with E-state index in [0.717, 1.165) is 13.0 Å². The van der Waals surface area contributed by atoms with E-state index in [-0.39, 0.29) is 16.1 Å². The lowest BCUT2D eigenvalue weighted by Gasteiger charge is -2.11. The van der Waals surface area contributed by atoms with Crippen LogP contribution in [-0.2, 0) is 5.92 Å². The number of carbonyl (C=O) groups is 1. The van der Waals surface area contributed by atoms with Gasteiger partial charge in [-0.2, -0.15) is 8.78 Å². The molecule has 0 bridgehead atoms. The maximum Gasteiger partial charge on any atom is 0.335 e. The largest absolute Gasteiger partial charge is 0.478 e. The lowest BCUT2D eigenvalue weighted by molar-refractivity contribution is 0.0131. The van der Waals surface area contributed by atoms with E-state index in [0.29, 0.717) is 5.39 Å². The van der Waals surface area contributed by atoms with Gasteiger partial charge >= 0.3 is 5.97 Å². The van der Waals surface area contributed by atoms with Gasteiger partial charge in [-0.1, -0.05) is 25.4 Å². The van der Waals surface area contributed by atoms with Gasteiger partial charge in [0, 0.05) is 12.3 Å². The molecule has 0 radical (unpaired) electrons. The molecule has 0 unspecified atom stereocenters. The quantitative estimate of drug-likeness (QED) is 0.873. The Hall–Kier alpha value is -1.75. The van der Waals surface area contributed by atoms with Crippen molar-refractivity contribution < 1.29 is 18.7 Å². The Morgan fingerprint density at radius 2 is 1.90 bits per heavy atom. The molecule has 0 aliphatic carbocycles. The summed E-state index contributed by atoms with van der Waals surface area (Å²) >= 11 is 5.88. The third-order valence-electron chi connectivity index (χ3n) is 2.45. The number of carboxylic acids is 1. The highest BCUT2D eigenvalue weighted by molar-refractivity contribution is 6.35. The first kappa shape index (κ1) is 16.3. The van der Waals surface area contributed by atoms with Gasteiger partial charge in [-0.15, -0.1) is 0 Å². The van der Waals surface area contributed by atoms with E-state index < -0.39 is 17.6 Å². The first-order chi connectivity index (χ1) is 9.29. The molecular formula is C14H14ClF2NO2. The second kappa shape index (κ2) is 6.13. The molecule has 0 amide bonds. The highest BCUT2D eigenvalue weighted by atomic mass is 35.5. The Morgan fingerprint density at radius 1 is 1.30 bits per heavy atom. The summed E-state index contributed by atoms with van der Waals surface area (Å²) in [5, 5.41) is 9.23. The summed E-state index contributed by atoms with van der Waals surface area (Å²) in [5.41, 5.74) is -0.172. The van der Waals surface area contributed by atoms with Gasteiger partial charge in [-0.3, -0.25) is 0 Å². The normalized spacial score (nSPS) is 10.9. The Balaban J connectivity index is 0.000000956. The smallest absolute Gasteiger partial charge is 0.335 e. The second-order valence-corrected chi connectivity index (χ2v) is 4.32. The number of benzene rings is 1. The minimum atomic E-state index is -3.09. The number of nitrogens with zero attached hydrogens (tertiary/aromatic N) is 1. The van der Waals surface area contributed by atoms with Crippen molar-refractivity contribution in [3.63, 3.8) is 0 Å². The lowest BCUT2D eigenvalue weighted by atomic mass is 10.1. The number of rotatable bonds is 2. The van der Waals surface area contributed by atoms with Gasteiger partial charge in [0.25, 0.3) is 5.92 Å². The molecule has 108 valence electrons. The van der Waals surface area contributed by atoms with E-state index in [2.05, 4.69) is 4.98 Å². The Morgan fingerprint density at radius 3 is 2.40 bits per heavy atom. The first-order valence-corrected chi connectivity index (χ1v) is 6.39. The predicted molar refractivity (Wildman–Crippen MR) is 74.6 cm³/mol. The molecule has 1 aromatic heterocycles. The van der Waals surface area contributed by atoms with Crippen LogP contribution in [0.2, 0.25) is 5.02 Å². The van der Waals surface area contributed by atoms with Crippen LogP contribution in [0.15, 0.2) is 24.3 Å². The molecule has 0 saturated heterocycles. The van der Waals surface area contributed by atoms with E-state index in [4.69, 9.17) is 16.7 Å². The zero-order valence-corrected chi connectivity index (χ0v) is 12.0. The van der Waals surface area contributed by atoms with Crippen LogP contribution in [0.25, 0.3) is 10.9 Å². The average molecular weight is 302 g/mol. The van der Waals surface area contributed by atoms with Crippen LogP contribution in [0.3, 0.4) is 0 Å². The van der Waals surface area contributed by atoms with Crippen LogP contribution in [0.1, 0.15) is 36.8 Å². The Bertz CT molecular complexity index is 639. The van der Waals surface area contributed by atoms with Crippen LogP contribution in [0.4, 0.5) is 8.78 Å². The highest BCUT2D eigenvalue weighted by Crippen LogP contribution is 2.31. The SMILES string of the molecule is CC.CC(F)(F)c1cc(Cl)c2cc(C(=O)O)ccc2n1. The maximum atomic E-state index is 13.2. The predicted octanol–water partition coefficient (Wildman–Crippen LogP) is 4.72. The summed E-state index contributed by atoms with van der Waals surface area (Å²) < 4.78 is 26.3. The van der Waals surface area contributed by atoms with Crippen molar-refractivity contribution in [3.05, 3.63) is 40.5 Å². The van der Waals surface area contributed by atoms with Gasteiger partial charge in [0.15, 0.2) is 0 Å². The van der Waals surface area contributed by atoms with Crippen LogP contribution in [0, 0.1) is 0 Å². The summed E-state index contributed by atoms with van der Waals surface area (Å²) in [5.74, 6) is -4.21. The van der Waals surface area contributed by atoms with Gasteiger partial charge < -0.3 is 5.11 Å². The minimum absolute atomic E-state index is 0.0298. The van der Waals surface area contributed by atoms with E-state index in [1.54, 1.807) is 0 Å². The first-order valence-electron chi connectivity index (χ1n) is 6.01. The summed E-state index contributed by atoms with van der Waals surface area (Å²) in [4.78, 5) is 14.6. The van der Waals surface area contributed by atoms with Gasteiger partial charge in [0.1, 0.15) is 5.69 Å². The number of fused-ring (bicyclic) bond motifs is 1. The number of alkyl halides is 2. The van der Waals surface area contributed by atoms with Gasteiger partial charge in [0.2, 0.25) is 0 Å². The zero-order valence-electron chi connectivity index (χ0n) is 11.2. The van der Waals surface area contributed by atoms with Crippen molar-refractivity contribution in [2.24, 2.45) is 0 Å². The third-order valence-corrected chi connectivity index (χ3v) is 2.77. The fourth-order valence-corrected chi connectivity index (χ4v) is 1.80. The number of aromatic carboxylic acids is 1. The molecule has 20 heavy (non-hydrogen) atoms. The van der Waals surface area contributed by atoms with Gasteiger partial charge in [0.05, 0.1) is 16.1 Å². The monoisotopic (exact) mass is 301 g/mol. The van der Waals surface area contributed by atoms with Crippen LogP contribution >= 0.6 is 11.6 Å².